The Morgan fingerprint density at radius 2 is 1.94 bits per heavy atom. The van der Waals surface area contributed by atoms with Gasteiger partial charge in [-0.05, 0) is 63.0 Å². The average molecular weight is 474 g/mol. The summed E-state index contributed by atoms with van der Waals surface area (Å²) >= 11 is 0. The fourth-order valence-electron chi connectivity index (χ4n) is 5.86. The summed E-state index contributed by atoms with van der Waals surface area (Å²) in [7, 11) is 0. The predicted octanol–water partition coefficient (Wildman–Crippen LogP) is 3.53. The maximum atomic E-state index is 15.6. The fraction of sp³-hybridized carbons (Fsp3) is 0.615. The molecule has 2 amide bonds. The summed E-state index contributed by atoms with van der Waals surface area (Å²) in [6.45, 7) is 4.52. The Hall–Kier alpha value is -2.32. The number of ether oxygens (including phenoxy) is 1. The van der Waals surface area contributed by atoms with Gasteiger partial charge in [0, 0.05) is 41.9 Å². The van der Waals surface area contributed by atoms with Gasteiger partial charge in [-0.2, -0.15) is 0 Å². The van der Waals surface area contributed by atoms with E-state index in [1.807, 2.05) is 0 Å². The summed E-state index contributed by atoms with van der Waals surface area (Å²) in [4.78, 5) is 26.9. The Morgan fingerprint density at radius 3 is 2.71 bits per heavy atom. The third kappa shape index (κ3) is 4.62. The monoisotopic (exact) mass is 473 g/mol. The summed E-state index contributed by atoms with van der Waals surface area (Å²) in [5.74, 6) is -0.936. The van der Waals surface area contributed by atoms with E-state index in [-0.39, 0.29) is 42.4 Å². The Morgan fingerprint density at radius 1 is 1.15 bits per heavy atom. The second kappa shape index (κ2) is 9.74. The highest BCUT2D eigenvalue weighted by molar-refractivity contribution is 6.01. The lowest BCUT2D eigenvalue weighted by Crippen LogP contribution is -2.50. The molecule has 34 heavy (non-hydrogen) atoms. The van der Waals surface area contributed by atoms with Crippen LogP contribution in [0.3, 0.4) is 0 Å². The number of amides is 2. The largest absolute Gasteiger partial charge is 0.376 e. The van der Waals surface area contributed by atoms with E-state index in [2.05, 4.69) is 17.2 Å². The van der Waals surface area contributed by atoms with Crippen LogP contribution in [0, 0.1) is 5.82 Å². The van der Waals surface area contributed by atoms with E-state index in [1.165, 1.54) is 4.90 Å². The van der Waals surface area contributed by atoms with Gasteiger partial charge in [-0.3, -0.25) is 9.59 Å². The lowest BCUT2D eigenvalue weighted by Gasteiger charge is -2.37. The summed E-state index contributed by atoms with van der Waals surface area (Å²) < 4.78 is 35.2. The molecule has 2 N–H and O–H groups in total. The first-order chi connectivity index (χ1) is 16.4. The van der Waals surface area contributed by atoms with Crippen LogP contribution in [0.1, 0.15) is 72.9 Å². The van der Waals surface area contributed by atoms with Gasteiger partial charge in [0.15, 0.2) is 0 Å². The Labute approximate surface area is 199 Å². The molecule has 0 bridgehead atoms. The molecule has 8 heteroatoms. The number of allylic oxidation sites excluding steroid dienone is 1. The highest BCUT2D eigenvalue weighted by Crippen LogP contribution is 2.33. The highest BCUT2D eigenvalue weighted by Gasteiger charge is 2.40. The Balaban J connectivity index is 1.29. The van der Waals surface area contributed by atoms with Crippen molar-refractivity contribution in [3.63, 3.8) is 0 Å². The van der Waals surface area contributed by atoms with Gasteiger partial charge >= 0.3 is 0 Å². The van der Waals surface area contributed by atoms with Crippen molar-refractivity contribution in [1.29, 1.82) is 0 Å². The van der Waals surface area contributed by atoms with E-state index in [9.17, 15) is 14.0 Å². The van der Waals surface area contributed by atoms with Crippen molar-refractivity contribution in [3.8, 4) is 0 Å². The van der Waals surface area contributed by atoms with E-state index in [0.717, 1.165) is 25.7 Å². The van der Waals surface area contributed by atoms with Crippen molar-refractivity contribution in [1.82, 2.24) is 15.5 Å². The Bertz CT molecular complexity index is 976. The van der Waals surface area contributed by atoms with Gasteiger partial charge in [0.1, 0.15) is 18.0 Å². The molecule has 3 aliphatic heterocycles. The fourth-order valence-corrected chi connectivity index (χ4v) is 5.86. The van der Waals surface area contributed by atoms with E-state index >= 15 is 4.39 Å². The third-order valence-corrected chi connectivity index (χ3v) is 7.81. The minimum absolute atomic E-state index is 0.0953. The summed E-state index contributed by atoms with van der Waals surface area (Å²) in [6, 6.07) is 3.13. The van der Waals surface area contributed by atoms with E-state index < -0.39 is 12.2 Å². The second-order valence-electron chi connectivity index (χ2n) is 10.1. The Kier molecular flexibility index (Phi) is 6.71. The first-order valence-electron chi connectivity index (χ1n) is 12.5. The molecule has 3 heterocycles. The molecule has 0 spiro atoms. The first-order valence-corrected chi connectivity index (χ1v) is 12.5. The molecule has 1 aliphatic carbocycles. The molecule has 0 aromatic heterocycles. The van der Waals surface area contributed by atoms with Crippen LogP contribution in [0.25, 0.3) is 0 Å². The van der Waals surface area contributed by atoms with Gasteiger partial charge < -0.3 is 20.3 Å². The van der Waals surface area contributed by atoms with Crippen LogP contribution in [0.15, 0.2) is 24.4 Å². The summed E-state index contributed by atoms with van der Waals surface area (Å²) in [6.07, 6.45) is 5.34. The van der Waals surface area contributed by atoms with Crippen LogP contribution in [0.5, 0.6) is 0 Å². The van der Waals surface area contributed by atoms with Crippen molar-refractivity contribution in [3.05, 3.63) is 46.9 Å². The molecule has 1 saturated carbocycles. The summed E-state index contributed by atoms with van der Waals surface area (Å²) in [5.41, 5.74) is 1.87. The third-order valence-electron chi connectivity index (χ3n) is 7.81. The SMILES string of the molecule is C=C1CCC(N2Cc3c(ccc(C[C@H]4OCCC[C@@H]4N[C@H]4CC[C@@H](F)CC4)c3F)C2=O)C(=O)N1. The van der Waals surface area contributed by atoms with Crippen LogP contribution >= 0.6 is 0 Å². The normalized spacial score (nSPS) is 32.0. The lowest BCUT2D eigenvalue weighted by molar-refractivity contribution is -0.126. The van der Waals surface area contributed by atoms with Crippen molar-refractivity contribution in [2.45, 2.75) is 94.7 Å². The maximum absolute atomic E-state index is 15.6. The molecule has 1 aromatic carbocycles. The summed E-state index contributed by atoms with van der Waals surface area (Å²) in [5, 5.41) is 6.37. The first kappa shape index (κ1) is 23.4. The molecular formula is C26H33F2N3O3. The van der Waals surface area contributed by atoms with E-state index in [0.29, 0.717) is 61.1 Å². The number of hydrogen-bond donors (Lipinski definition) is 2. The zero-order chi connectivity index (χ0) is 23.8. The molecule has 1 unspecified atom stereocenters. The minimum atomic E-state index is -0.697. The number of nitrogens with zero attached hydrogens (tertiary/aromatic N) is 1. The molecule has 3 fully saturated rings. The van der Waals surface area contributed by atoms with Crippen LogP contribution in [0.2, 0.25) is 0 Å². The number of benzene rings is 1. The number of alkyl halides is 1. The topological polar surface area (TPSA) is 70.7 Å². The average Bonchev–Trinajstić information content (AvgIpc) is 3.15. The van der Waals surface area contributed by atoms with Crippen molar-refractivity contribution in [2.24, 2.45) is 0 Å². The van der Waals surface area contributed by atoms with Gasteiger partial charge in [-0.15, -0.1) is 0 Å². The highest BCUT2D eigenvalue weighted by atomic mass is 19.1. The molecule has 5 rings (SSSR count). The second-order valence-corrected chi connectivity index (χ2v) is 10.1. The number of piperidine rings is 1. The van der Waals surface area contributed by atoms with E-state index in [4.69, 9.17) is 4.74 Å². The van der Waals surface area contributed by atoms with Gasteiger partial charge in [-0.25, -0.2) is 8.78 Å². The molecule has 2 saturated heterocycles. The van der Waals surface area contributed by atoms with Crippen molar-refractivity contribution in [2.75, 3.05) is 6.61 Å². The van der Waals surface area contributed by atoms with Crippen LogP contribution in [0.4, 0.5) is 8.78 Å². The van der Waals surface area contributed by atoms with Crippen LogP contribution in [-0.4, -0.2) is 53.7 Å². The number of nitrogens with one attached hydrogen (secondary N) is 2. The van der Waals surface area contributed by atoms with Crippen LogP contribution in [-0.2, 0) is 22.5 Å². The molecule has 184 valence electrons. The molecule has 6 nitrogen and oxygen atoms in total. The lowest BCUT2D eigenvalue weighted by atomic mass is 9.90. The van der Waals surface area contributed by atoms with Crippen LogP contribution < -0.4 is 10.6 Å². The van der Waals surface area contributed by atoms with Gasteiger partial charge in [0.2, 0.25) is 5.91 Å². The smallest absolute Gasteiger partial charge is 0.255 e. The molecular weight excluding hydrogens is 440 g/mol. The van der Waals surface area contributed by atoms with Gasteiger partial charge in [0.05, 0.1) is 12.6 Å². The van der Waals surface area contributed by atoms with Crippen molar-refractivity contribution < 1.29 is 23.1 Å². The standard InChI is InChI=1S/C26H33F2N3O3/c1-15-4-11-22(25(32)29-15)31-14-20-19(26(31)33)10-5-16(24(20)28)13-23-21(3-2-12-34-23)30-18-8-6-17(27)7-9-18/h5,10,17-18,21-23,30H,1-4,6-9,11-14H2,(H,29,32)/t17-,18+,21-,22?,23+/m0/s1. The molecule has 0 radical (unpaired) electrons. The number of carbonyl (C=O) groups is 2. The number of rotatable bonds is 5. The number of fused-ring (bicyclic) bond motifs is 1. The number of carbonyl (C=O) groups excluding carboxylic acids is 2. The number of halogens is 2. The quantitative estimate of drug-likeness (QED) is 0.687. The van der Waals surface area contributed by atoms with Gasteiger partial charge in [0.25, 0.3) is 5.91 Å². The number of hydrogen-bond acceptors (Lipinski definition) is 4. The molecule has 3 atom stereocenters. The zero-order valence-corrected chi connectivity index (χ0v) is 19.5. The van der Waals surface area contributed by atoms with E-state index in [1.54, 1.807) is 12.1 Å². The zero-order valence-electron chi connectivity index (χ0n) is 19.5. The predicted molar refractivity (Wildman–Crippen MR) is 123 cm³/mol. The van der Waals surface area contributed by atoms with Crippen molar-refractivity contribution >= 4 is 11.8 Å². The molecule has 1 aromatic rings. The maximum Gasteiger partial charge on any atom is 0.255 e. The minimum Gasteiger partial charge on any atom is -0.376 e. The van der Waals surface area contributed by atoms with Gasteiger partial charge in [-0.1, -0.05) is 12.6 Å². The molecule has 4 aliphatic rings.